The highest BCUT2D eigenvalue weighted by Crippen LogP contribution is 2.08. The van der Waals surface area contributed by atoms with E-state index >= 15 is 0 Å². The van der Waals surface area contributed by atoms with E-state index < -0.39 is 0 Å². The number of hydrogen-bond acceptors (Lipinski definition) is 4. The van der Waals surface area contributed by atoms with Crippen LogP contribution in [0.5, 0.6) is 0 Å². The Hall–Kier alpha value is -1.91. The average Bonchev–Trinajstić information content (AvgIpc) is 2.69. The number of carbonyl (C=O) groups excluding carboxylic acids is 1. The van der Waals surface area contributed by atoms with Gasteiger partial charge in [0.2, 0.25) is 0 Å². The Labute approximate surface area is 86.7 Å². The summed E-state index contributed by atoms with van der Waals surface area (Å²) in [4.78, 5) is 11.3. The molecule has 0 aromatic carbocycles. The van der Waals surface area contributed by atoms with Crippen LogP contribution in [0.4, 0.5) is 0 Å². The van der Waals surface area contributed by atoms with E-state index in [4.69, 9.17) is 0 Å². The summed E-state index contributed by atoms with van der Waals surface area (Å²) in [6.45, 7) is 2.00. The zero-order valence-electron chi connectivity index (χ0n) is 8.60. The van der Waals surface area contributed by atoms with Gasteiger partial charge in [-0.3, -0.25) is 4.40 Å². The first-order valence-corrected chi connectivity index (χ1v) is 4.68. The van der Waals surface area contributed by atoms with Crippen molar-refractivity contribution < 1.29 is 9.53 Å². The van der Waals surface area contributed by atoms with Crippen molar-refractivity contribution in [2.45, 2.75) is 13.3 Å². The lowest BCUT2D eigenvalue weighted by molar-refractivity contribution is 0.0600. The molecule has 0 saturated carbocycles. The molecule has 0 saturated heterocycles. The van der Waals surface area contributed by atoms with Gasteiger partial charge in [-0.2, -0.15) is 0 Å². The Morgan fingerprint density at radius 2 is 2.33 bits per heavy atom. The van der Waals surface area contributed by atoms with Crippen molar-refractivity contribution >= 4 is 11.6 Å². The normalized spacial score (nSPS) is 10.5. The Kier molecular flexibility index (Phi) is 2.37. The van der Waals surface area contributed by atoms with Crippen molar-refractivity contribution in [2.24, 2.45) is 0 Å². The highest BCUT2D eigenvalue weighted by atomic mass is 16.5. The van der Waals surface area contributed by atoms with E-state index in [2.05, 4.69) is 14.9 Å². The quantitative estimate of drug-likeness (QED) is 0.688. The fourth-order valence-electron chi connectivity index (χ4n) is 1.43. The molecule has 0 bridgehead atoms. The van der Waals surface area contributed by atoms with Crippen LogP contribution in [0, 0.1) is 0 Å². The molecule has 0 unspecified atom stereocenters. The molecule has 5 nitrogen and oxygen atoms in total. The summed E-state index contributed by atoms with van der Waals surface area (Å²) >= 11 is 0. The minimum Gasteiger partial charge on any atom is -0.465 e. The summed E-state index contributed by atoms with van der Waals surface area (Å²) in [6.07, 6.45) is 2.58. The lowest BCUT2D eigenvalue weighted by atomic mass is 10.2. The Morgan fingerprint density at radius 3 is 3.00 bits per heavy atom. The van der Waals surface area contributed by atoms with E-state index in [1.807, 2.05) is 11.3 Å². The first-order chi connectivity index (χ1) is 7.26. The van der Waals surface area contributed by atoms with Crippen LogP contribution in [0.2, 0.25) is 0 Å². The lowest BCUT2D eigenvalue weighted by Crippen LogP contribution is -2.02. The number of aryl methyl sites for hydroxylation is 1. The van der Waals surface area contributed by atoms with Gasteiger partial charge in [0.15, 0.2) is 5.65 Å². The lowest BCUT2D eigenvalue weighted by Gasteiger charge is -2.00. The molecule has 2 aromatic rings. The van der Waals surface area contributed by atoms with E-state index in [0.717, 1.165) is 12.2 Å². The van der Waals surface area contributed by atoms with Crippen LogP contribution in [0.15, 0.2) is 18.3 Å². The molecule has 2 heterocycles. The molecule has 0 aliphatic heterocycles. The highest BCUT2D eigenvalue weighted by Gasteiger charge is 2.08. The summed E-state index contributed by atoms with van der Waals surface area (Å²) in [5.41, 5.74) is 1.15. The Bertz CT molecular complexity index is 504. The van der Waals surface area contributed by atoms with Gasteiger partial charge < -0.3 is 4.74 Å². The van der Waals surface area contributed by atoms with Gasteiger partial charge in [-0.25, -0.2) is 4.79 Å². The Balaban J connectivity index is 2.53. The monoisotopic (exact) mass is 205 g/mol. The SMILES string of the molecule is CCc1nnc2cc(C(=O)OC)ccn12. The number of carbonyl (C=O) groups is 1. The summed E-state index contributed by atoms with van der Waals surface area (Å²) < 4.78 is 6.48. The number of esters is 1. The summed E-state index contributed by atoms with van der Waals surface area (Å²) in [5.74, 6) is 0.514. The van der Waals surface area contributed by atoms with Gasteiger partial charge in [-0.05, 0) is 12.1 Å². The third-order valence-corrected chi connectivity index (χ3v) is 2.22. The van der Waals surface area contributed by atoms with E-state index in [0.29, 0.717) is 11.2 Å². The molecule has 0 radical (unpaired) electrons. The van der Waals surface area contributed by atoms with E-state index in [9.17, 15) is 4.79 Å². The molecule has 0 amide bonds. The minimum absolute atomic E-state index is 0.362. The van der Waals surface area contributed by atoms with Crippen LogP contribution in [-0.2, 0) is 11.2 Å². The van der Waals surface area contributed by atoms with Crippen molar-refractivity contribution in [2.75, 3.05) is 7.11 Å². The zero-order chi connectivity index (χ0) is 10.8. The average molecular weight is 205 g/mol. The molecule has 15 heavy (non-hydrogen) atoms. The second-order valence-electron chi connectivity index (χ2n) is 3.10. The molecule has 0 spiro atoms. The number of aromatic nitrogens is 3. The Morgan fingerprint density at radius 1 is 1.53 bits per heavy atom. The molecule has 0 aliphatic rings. The molecule has 0 N–H and O–H groups in total. The first-order valence-electron chi connectivity index (χ1n) is 4.68. The fraction of sp³-hybridized carbons (Fsp3) is 0.300. The number of rotatable bonds is 2. The third kappa shape index (κ3) is 1.56. The molecule has 2 aromatic heterocycles. The van der Waals surface area contributed by atoms with Crippen molar-refractivity contribution in [1.82, 2.24) is 14.6 Å². The molecule has 0 aliphatic carbocycles. The largest absolute Gasteiger partial charge is 0.465 e. The van der Waals surface area contributed by atoms with Gasteiger partial charge >= 0.3 is 5.97 Å². The number of nitrogens with zero attached hydrogens (tertiary/aromatic N) is 3. The van der Waals surface area contributed by atoms with Gasteiger partial charge in [-0.1, -0.05) is 6.92 Å². The van der Waals surface area contributed by atoms with Crippen LogP contribution in [-0.4, -0.2) is 27.7 Å². The molecule has 78 valence electrons. The van der Waals surface area contributed by atoms with Crippen molar-refractivity contribution in [1.29, 1.82) is 0 Å². The first kappa shape index (κ1) is 9.64. The van der Waals surface area contributed by atoms with E-state index in [1.165, 1.54) is 7.11 Å². The van der Waals surface area contributed by atoms with Crippen LogP contribution in [0.1, 0.15) is 23.1 Å². The van der Waals surface area contributed by atoms with Crippen LogP contribution < -0.4 is 0 Å². The van der Waals surface area contributed by atoms with E-state index in [1.54, 1.807) is 18.3 Å². The highest BCUT2D eigenvalue weighted by molar-refractivity contribution is 5.90. The molecule has 0 fully saturated rings. The predicted octanol–water partition coefficient (Wildman–Crippen LogP) is 1.08. The number of hydrogen-bond donors (Lipinski definition) is 0. The molecule has 5 heteroatoms. The van der Waals surface area contributed by atoms with Crippen molar-refractivity contribution in [3.63, 3.8) is 0 Å². The maximum absolute atomic E-state index is 11.3. The van der Waals surface area contributed by atoms with Gasteiger partial charge in [0.25, 0.3) is 0 Å². The topological polar surface area (TPSA) is 56.5 Å². The van der Waals surface area contributed by atoms with Gasteiger partial charge in [0.05, 0.1) is 12.7 Å². The third-order valence-electron chi connectivity index (χ3n) is 2.22. The second kappa shape index (κ2) is 3.68. The summed E-state index contributed by atoms with van der Waals surface area (Å²) in [6, 6.07) is 3.36. The van der Waals surface area contributed by atoms with Crippen LogP contribution in [0.25, 0.3) is 5.65 Å². The van der Waals surface area contributed by atoms with E-state index in [-0.39, 0.29) is 5.97 Å². The fourth-order valence-corrected chi connectivity index (χ4v) is 1.43. The molecule has 2 rings (SSSR count). The van der Waals surface area contributed by atoms with Gasteiger partial charge in [-0.15, -0.1) is 10.2 Å². The number of ether oxygens (including phenoxy) is 1. The molecular formula is C10H11N3O2. The molecular weight excluding hydrogens is 194 g/mol. The summed E-state index contributed by atoms with van der Waals surface area (Å²) in [5, 5.41) is 7.97. The zero-order valence-corrected chi connectivity index (χ0v) is 8.60. The second-order valence-corrected chi connectivity index (χ2v) is 3.10. The number of fused-ring (bicyclic) bond motifs is 1. The van der Waals surface area contributed by atoms with Gasteiger partial charge in [0, 0.05) is 12.6 Å². The predicted molar refractivity (Wildman–Crippen MR) is 53.7 cm³/mol. The number of pyridine rings is 1. The van der Waals surface area contributed by atoms with Gasteiger partial charge in [0.1, 0.15) is 5.82 Å². The van der Waals surface area contributed by atoms with Crippen LogP contribution >= 0.6 is 0 Å². The van der Waals surface area contributed by atoms with Crippen molar-refractivity contribution in [3.05, 3.63) is 29.7 Å². The number of methoxy groups -OCH3 is 1. The minimum atomic E-state index is -0.362. The van der Waals surface area contributed by atoms with Crippen molar-refractivity contribution in [3.8, 4) is 0 Å². The smallest absolute Gasteiger partial charge is 0.338 e. The van der Waals surface area contributed by atoms with Crippen LogP contribution in [0.3, 0.4) is 0 Å². The molecule has 0 atom stereocenters. The maximum Gasteiger partial charge on any atom is 0.338 e. The standard InChI is InChI=1S/C10H11N3O2/c1-3-8-11-12-9-6-7(10(14)15-2)4-5-13(8)9/h4-6H,3H2,1-2H3. The maximum atomic E-state index is 11.3. The summed E-state index contributed by atoms with van der Waals surface area (Å²) in [7, 11) is 1.35.